The van der Waals surface area contributed by atoms with E-state index in [1.165, 1.54) is 12.1 Å². The van der Waals surface area contributed by atoms with Crippen LogP contribution in [0, 0.1) is 0 Å². The van der Waals surface area contributed by atoms with Crippen LogP contribution in [0.3, 0.4) is 0 Å². The quantitative estimate of drug-likeness (QED) is 0.468. The van der Waals surface area contributed by atoms with Gasteiger partial charge in [-0.25, -0.2) is 10.4 Å². The number of benzene rings is 1. The Morgan fingerprint density at radius 3 is 2.67 bits per heavy atom. The third-order valence-corrected chi connectivity index (χ3v) is 1.65. The van der Waals surface area contributed by atoms with Crippen LogP contribution in [0.5, 0.6) is 5.75 Å². The number of carboxylic acid groups (broad SMARTS) is 1. The molecule has 1 amide bonds. The summed E-state index contributed by atoms with van der Waals surface area (Å²) in [7, 11) is 0. The summed E-state index contributed by atoms with van der Waals surface area (Å²) in [5.41, 5.74) is 2.53. The van der Waals surface area contributed by atoms with E-state index < -0.39 is 12.5 Å². The Morgan fingerprint density at radius 2 is 2.13 bits per heavy atom. The molecule has 0 aliphatic carbocycles. The normalized spacial score (nSPS) is 9.60. The average Bonchev–Trinajstić information content (AvgIpc) is 2.21. The monoisotopic (exact) mass is 210 g/mol. The lowest BCUT2D eigenvalue weighted by molar-refractivity contribution is -0.136. The number of aliphatic carboxylic acids is 1. The first kappa shape index (κ1) is 11.0. The van der Waals surface area contributed by atoms with Gasteiger partial charge in [0.2, 0.25) is 6.41 Å². The molecular formula is C9H10N2O4. The second-order valence-corrected chi connectivity index (χ2v) is 2.69. The fourth-order valence-electron chi connectivity index (χ4n) is 1.000. The molecule has 0 radical (unpaired) electrons. The highest BCUT2D eigenvalue weighted by Crippen LogP contribution is 2.23. The lowest BCUT2D eigenvalue weighted by Gasteiger charge is -2.17. The molecule has 0 saturated carbocycles. The van der Waals surface area contributed by atoms with Crippen molar-refractivity contribution in [3.05, 3.63) is 24.3 Å². The summed E-state index contributed by atoms with van der Waals surface area (Å²) < 4.78 is 0. The van der Waals surface area contributed by atoms with Crippen molar-refractivity contribution in [2.24, 2.45) is 0 Å². The molecule has 0 aromatic heterocycles. The molecule has 0 bridgehead atoms. The summed E-state index contributed by atoms with van der Waals surface area (Å²) in [5, 5.41) is 18.7. The first-order valence-corrected chi connectivity index (χ1v) is 4.13. The largest absolute Gasteiger partial charge is 0.506 e. The highest BCUT2D eigenvalue weighted by Gasteiger charge is 2.09. The van der Waals surface area contributed by atoms with E-state index in [2.05, 4.69) is 5.43 Å². The number of phenols is 1. The number of aromatic hydroxyl groups is 1. The molecule has 0 heterocycles. The number of carboxylic acids is 1. The first-order valence-electron chi connectivity index (χ1n) is 4.13. The van der Waals surface area contributed by atoms with Gasteiger partial charge in [0.15, 0.2) is 0 Å². The van der Waals surface area contributed by atoms with E-state index in [1.807, 2.05) is 0 Å². The highest BCUT2D eigenvalue weighted by molar-refractivity contribution is 5.78. The van der Waals surface area contributed by atoms with Gasteiger partial charge in [0.25, 0.3) is 0 Å². The molecule has 1 aromatic carbocycles. The summed E-state index contributed by atoms with van der Waals surface area (Å²) in [5.74, 6) is -1.21. The van der Waals surface area contributed by atoms with Crippen molar-refractivity contribution in [1.82, 2.24) is 5.43 Å². The van der Waals surface area contributed by atoms with E-state index >= 15 is 0 Å². The number of carbonyl (C=O) groups excluding carboxylic acids is 1. The van der Waals surface area contributed by atoms with Gasteiger partial charge in [0, 0.05) is 0 Å². The Labute approximate surface area is 85.7 Å². The fraction of sp³-hybridized carbons (Fsp3) is 0.111. The summed E-state index contributed by atoms with van der Waals surface area (Å²) in [6.07, 6.45) is 0.387. The SMILES string of the molecule is O=CN(NCC(=O)O)c1ccccc1O. The molecule has 0 aliphatic heterocycles. The number of nitrogens with zero attached hydrogens (tertiary/aromatic N) is 1. The molecule has 0 atom stereocenters. The summed E-state index contributed by atoms with van der Waals surface area (Å²) in [6.45, 7) is -0.410. The smallest absolute Gasteiger partial charge is 0.319 e. The van der Waals surface area contributed by atoms with Crippen molar-refractivity contribution in [2.75, 3.05) is 11.6 Å². The predicted molar refractivity (Wildman–Crippen MR) is 52.3 cm³/mol. The molecule has 0 fully saturated rings. The number of amides is 1. The van der Waals surface area contributed by atoms with Crippen LogP contribution in [0.4, 0.5) is 5.69 Å². The van der Waals surface area contributed by atoms with Crippen molar-refractivity contribution in [3.63, 3.8) is 0 Å². The maximum atomic E-state index is 10.6. The zero-order valence-corrected chi connectivity index (χ0v) is 7.75. The van der Waals surface area contributed by atoms with Crippen LogP contribution in [0.25, 0.3) is 0 Å². The molecule has 15 heavy (non-hydrogen) atoms. The summed E-state index contributed by atoms with van der Waals surface area (Å²) in [4.78, 5) is 20.9. The molecule has 6 heteroatoms. The van der Waals surface area contributed by atoms with Gasteiger partial charge in [0.05, 0.1) is 0 Å². The Hall–Kier alpha value is -2.08. The van der Waals surface area contributed by atoms with Gasteiger partial charge in [0.1, 0.15) is 18.0 Å². The van der Waals surface area contributed by atoms with Crippen molar-refractivity contribution in [1.29, 1.82) is 0 Å². The Bertz CT molecular complexity index is 367. The second-order valence-electron chi connectivity index (χ2n) is 2.69. The third kappa shape index (κ3) is 2.96. The molecule has 3 N–H and O–H groups in total. The number of hydrogen-bond acceptors (Lipinski definition) is 4. The lowest BCUT2D eigenvalue weighted by atomic mass is 10.3. The number of nitrogens with one attached hydrogen (secondary N) is 1. The molecule has 1 rings (SSSR count). The van der Waals surface area contributed by atoms with E-state index in [1.54, 1.807) is 12.1 Å². The van der Waals surface area contributed by atoms with Gasteiger partial charge in [-0.2, -0.15) is 0 Å². The Kier molecular flexibility index (Phi) is 3.64. The number of para-hydroxylation sites is 2. The first-order chi connectivity index (χ1) is 7.15. The lowest BCUT2D eigenvalue weighted by Crippen LogP contribution is -2.40. The molecular weight excluding hydrogens is 200 g/mol. The van der Waals surface area contributed by atoms with Crippen LogP contribution < -0.4 is 10.4 Å². The average molecular weight is 210 g/mol. The molecule has 80 valence electrons. The van der Waals surface area contributed by atoms with E-state index in [0.29, 0.717) is 6.41 Å². The van der Waals surface area contributed by atoms with Crippen LogP contribution in [0.1, 0.15) is 0 Å². The molecule has 0 aliphatic rings. The third-order valence-electron chi connectivity index (χ3n) is 1.65. The molecule has 1 aromatic rings. The van der Waals surface area contributed by atoms with Gasteiger partial charge < -0.3 is 10.2 Å². The second kappa shape index (κ2) is 4.97. The zero-order valence-electron chi connectivity index (χ0n) is 7.75. The molecule has 0 unspecified atom stereocenters. The summed E-state index contributed by atoms with van der Waals surface area (Å²) in [6, 6.07) is 6.10. The fourth-order valence-corrected chi connectivity index (χ4v) is 1.000. The van der Waals surface area contributed by atoms with E-state index in [0.717, 1.165) is 5.01 Å². The minimum atomic E-state index is -1.10. The van der Waals surface area contributed by atoms with Crippen molar-refractivity contribution >= 4 is 18.1 Å². The van der Waals surface area contributed by atoms with Crippen LogP contribution in [-0.2, 0) is 9.59 Å². The standard InChI is InChI=1S/C9H10N2O4/c12-6-11(10-5-9(14)15)7-3-1-2-4-8(7)13/h1-4,6,10,13H,5H2,(H,14,15). The Balaban J connectivity index is 2.78. The van der Waals surface area contributed by atoms with Crippen LogP contribution in [0.15, 0.2) is 24.3 Å². The van der Waals surface area contributed by atoms with Crippen molar-refractivity contribution in [2.45, 2.75) is 0 Å². The maximum absolute atomic E-state index is 10.6. The Morgan fingerprint density at radius 1 is 1.47 bits per heavy atom. The number of phenolic OH excluding ortho intramolecular Hbond substituents is 1. The number of anilines is 1. The van der Waals surface area contributed by atoms with Crippen LogP contribution >= 0.6 is 0 Å². The number of hydrogen-bond donors (Lipinski definition) is 3. The number of rotatable bonds is 5. The van der Waals surface area contributed by atoms with Gasteiger partial charge in [-0.15, -0.1) is 0 Å². The number of hydrazine groups is 1. The van der Waals surface area contributed by atoms with Crippen LogP contribution in [0.2, 0.25) is 0 Å². The van der Waals surface area contributed by atoms with Crippen molar-refractivity contribution < 1.29 is 19.8 Å². The van der Waals surface area contributed by atoms with Gasteiger partial charge in [-0.05, 0) is 12.1 Å². The molecule has 6 nitrogen and oxygen atoms in total. The van der Waals surface area contributed by atoms with E-state index in [-0.39, 0.29) is 11.4 Å². The van der Waals surface area contributed by atoms with Gasteiger partial charge in [-0.1, -0.05) is 12.1 Å². The van der Waals surface area contributed by atoms with Crippen LogP contribution in [-0.4, -0.2) is 29.1 Å². The minimum absolute atomic E-state index is 0.109. The van der Waals surface area contributed by atoms with Crippen molar-refractivity contribution in [3.8, 4) is 5.75 Å². The van der Waals surface area contributed by atoms with E-state index in [4.69, 9.17) is 5.11 Å². The minimum Gasteiger partial charge on any atom is -0.506 e. The highest BCUT2D eigenvalue weighted by atomic mass is 16.4. The van der Waals surface area contributed by atoms with E-state index in [9.17, 15) is 14.7 Å². The summed E-state index contributed by atoms with van der Waals surface area (Å²) >= 11 is 0. The predicted octanol–water partition coefficient (Wildman–Crippen LogP) is -0.0558. The van der Waals surface area contributed by atoms with Gasteiger partial charge >= 0.3 is 5.97 Å². The zero-order chi connectivity index (χ0) is 11.3. The number of carbonyl (C=O) groups is 2. The molecule has 0 spiro atoms. The molecule has 0 saturated heterocycles. The topological polar surface area (TPSA) is 89.9 Å². The van der Waals surface area contributed by atoms with Gasteiger partial charge in [-0.3, -0.25) is 9.59 Å². The maximum Gasteiger partial charge on any atom is 0.319 e.